The van der Waals surface area contributed by atoms with Gasteiger partial charge in [0.25, 0.3) is 0 Å². The summed E-state index contributed by atoms with van der Waals surface area (Å²) in [5.74, 6) is 1.81. The van der Waals surface area contributed by atoms with Crippen LogP contribution in [-0.4, -0.2) is 87.8 Å². The Bertz CT molecular complexity index is 1120. The first-order chi connectivity index (χ1) is 17.6. The van der Waals surface area contributed by atoms with E-state index >= 15 is 0 Å². The third-order valence-electron chi connectivity index (χ3n) is 7.19. The van der Waals surface area contributed by atoms with Crippen LogP contribution in [0.2, 0.25) is 0 Å². The van der Waals surface area contributed by atoms with Gasteiger partial charge in [-0.3, -0.25) is 0 Å². The quantitative estimate of drug-likeness (QED) is 0.255. The van der Waals surface area contributed by atoms with Crippen molar-refractivity contribution < 1.29 is 14.2 Å². The molecule has 0 aromatic carbocycles. The highest BCUT2D eigenvalue weighted by molar-refractivity contribution is 7.98. The molecule has 3 aliphatic heterocycles. The molecule has 1 amide bonds. The number of carbonyl (C=O) groups excluding carboxylic acids is 1. The number of hydroxylamine groups is 3. The maximum absolute atomic E-state index is 14.1. The average molecular weight is 528 g/mol. The molecule has 3 aliphatic rings. The number of hydrogen-bond donors (Lipinski definition) is 0. The Morgan fingerprint density at radius 3 is 2.62 bits per heavy atom. The highest BCUT2D eigenvalue weighted by Crippen LogP contribution is 2.36. The van der Waals surface area contributed by atoms with Crippen molar-refractivity contribution in [1.82, 2.24) is 19.9 Å². The van der Waals surface area contributed by atoms with Crippen molar-refractivity contribution in [2.45, 2.75) is 63.5 Å². The maximum atomic E-state index is 14.1. The molecule has 5 rings (SSSR count). The first kappa shape index (κ1) is 26.0. The molecule has 0 saturated carbocycles. The minimum absolute atomic E-state index is 0.205. The van der Waals surface area contributed by atoms with Crippen LogP contribution in [0.3, 0.4) is 0 Å². The Hall–Kier alpha value is -2.63. The van der Waals surface area contributed by atoms with Gasteiger partial charge in [0.2, 0.25) is 0 Å². The molecule has 2 unspecified atom stereocenters. The van der Waals surface area contributed by atoms with Gasteiger partial charge in [-0.25, -0.2) is 19.7 Å². The number of piperazine rings is 1. The Labute approximate surface area is 223 Å². The normalized spacial score (nSPS) is 23.9. The highest BCUT2D eigenvalue weighted by atomic mass is 32.2. The second-order valence-corrected chi connectivity index (χ2v) is 12.0. The summed E-state index contributed by atoms with van der Waals surface area (Å²) >= 11 is 1.53. The van der Waals surface area contributed by atoms with E-state index in [-0.39, 0.29) is 16.8 Å². The summed E-state index contributed by atoms with van der Waals surface area (Å²) in [4.78, 5) is 32.5. The lowest BCUT2D eigenvalue weighted by Gasteiger charge is -2.43. The van der Waals surface area contributed by atoms with Crippen molar-refractivity contribution in [1.29, 1.82) is 0 Å². The molecule has 2 aromatic rings. The van der Waals surface area contributed by atoms with Gasteiger partial charge >= 0.3 is 6.09 Å². The monoisotopic (exact) mass is 527 g/mol. The van der Waals surface area contributed by atoms with E-state index in [1.54, 1.807) is 4.90 Å². The van der Waals surface area contributed by atoms with Gasteiger partial charge in [-0.1, -0.05) is 11.8 Å². The van der Waals surface area contributed by atoms with Crippen molar-refractivity contribution in [3.63, 3.8) is 0 Å². The van der Waals surface area contributed by atoms with Crippen LogP contribution in [0.5, 0.6) is 0 Å². The van der Waals surface area contributed by atoms with Gasteiger partial charge in [0.05, 0.1) is 18.2 Å². The van der Waals surface area contributed by atoms with Gasteiger partial charge in [-0.05, 0) is 52.0 Å². The molecular weight excluding hydrogens is 490 g/mol. The average Bonchev–Trinajstić information content (AvgIpc) is 3.26. The van der Waals surface area contributed by atoms with Crippen molar-refractivity contribution in [2.75, 3.05) is 55.3 Å². The van der Waals surface area contributed by atoms with Gasteiger partial charge in [-0.2, -0.15) is 0 Å². The fourth-order valence-electron chi connectivity index (χ4n) is 5.50. The van der Waals surface area contributed by atoms with E-state index in [0.29, 0.717) is 45.8 Å². The summed E-state index contributed by atoms with van der Waals surface area (Å²) < 4.78 is 5.17. The number of hydrogen-bond acceptors (Lipinski definition) is 9. The number of fused-ring (bicyclic) bond motifs is 3. The number of quaternary nitrogens is 1. The number of aromatic nitrogens is 3. The van der Waals surface area contributed by atoms with Gasteiger partial charge in [-0.15, -0.1) is 0 Å². The molecule has 0 radical (unpaired) electrons. The molecule has 5 heterocycles. The van der Waals surface area contributed by atoms with Crippen LogP contribution in [0.25, 0.3) is 0 Å². The Kier molecular flexibility index (Phi) is 7.21. The second kappa shape index (κ2) is 10.3. The minimum Gasteiger partial charge on any atom is -0.632 e. The lowest BCUT2D eigenvalue weighted by atomic mass is 10.1. The molecule has 2 saturated heterocycles. The molecule has 10 nitrogen and oxygen atoms in total. The topological polar surface area (TPSA) is 97.8 Å². The van der Waals surface area contributed by atoms with E-state index in [0.717, 1.165) is 47.3 Å². The van der Waals surface area contributed by atoms with Gasteiger partial charge in [0, 0.05) is 50.7 Å². The molecular formula is C26H37N7O3S. The van der Waals surface area contributed by atoms with E-state index in [9.17, 15) is 10.0 Å². The van der Waals surface area contributed by atoms with Crippen LogP contribution in [0.1, 0.15) is 44.7 Å². The fourth-order valence-corrected chi connectivity index (χ4v) is 5.84. The first-order valence-corrected chi connectivity index (χ1v) is 14.3. The largest absolute Gasteiger partial charge is 0.632 e. The number of pyridine rings is 1. The molecule has 11 heteroatoms. The van der Waals surface area contributed by atoms with Crippen molar-refractivity contribution in [2.24, 2.45) is 0 Å². The van der Waals surface area contributed by atoms with Crippen molar-refractivity contribution >= 4 is 29.5 Å². The summed E-state index contributed by atoms with van der Waals surface area (Å²) in [6.45, 7) is 10.4. The van der Waals surface area contributed by atoms with Crippen LogP contribution in [0, 0.1) is 5.21 Å². The SMILES string of the molecule is CSc1ncc2c(n1)N1CCCC1C[N+]([O-])(Cc1ccc(N3CCN(C(=O)OC(C)(C)C)CC3)nc1)C2. The Morgan fingerprint density at radius 2 is 1.95 bits per heavy atom. The van der Waals surface area contributed by atoms with E-state index < -0.39 is 5.60 Å². The Morgan fingerprint density at radius 1 is 1.16 bits per heavy atom. The van der Waals surface area contributed by atoms with Crippen LogP contribution in [-0.2, 0) is 17.8 Å². The summed E-state index contributed by atoms with van der Waals surface area (Å²) in [5.41, 5.74) is 1.37. The predicted molar refractivity (Wildman–Crippen MR) is 144 cm³/mol. The van der Waals surface area contributed by atoms with E-state index in [4.69, 9.17) is 9.72 Å². The predicted octanol–water partition coefficient (Wildman–Crippen LogP) is 3.65. The third kappa shape index (κ3) is 5.94. The number of nitrogens with zero attached hydrogens (tertiary/aromatic N) is 7. The molecule has 37 heavy (non-hydrogen) atoms. The van der Waals surface area contributed by atoms with Gasteiger partial charge < -0.3 is 29.3 Å². The number of anilines is 2. The fraction of sp³-hybridized carbons (Fsp3) is 0.615. The zero-order chi connectivity index (χ0) is 26.2. The molecule has 0 spiro atoms. The number of carbonyl (C=O) groups is 1. The van der Waals surface area contributed by atoms with E-state index in [1.165, 1.54) is 11.8 Å². The maximum Gasteiger partial charge on any atom is 0.410 e. The third-order valence-corrected chi connectivity index (χ3v) is 7.75. The van der Waals surface area contributed by atoms with Gasteiger partial charge in [0.1, 0.15) is 30.3 Å². The molecule has 2 fully saturated rings. The highest BCUT2D eigenvalue weighted by Gasteiger charge is 2.38. The zero-order valence-electron chi connectivity index (χ0n) is 22.2. The van der Waals surface area contributed by atoms with Crippen molar-refractivity contribution in [3.8, 4) is 0 Å². The van der Waals surface area contributed by atoms with Crippen LogP contribution < -0.4 is 9.80 Å². The molecule has 0 aliphatic carbocycles. The smallest absolute Gasteiger partial charge is 0.410 e. The summed E-state index contributed by atoms with van der Waals surface area (Å²) in [6.07, 6.45) is 7.49. The first-order valence-electron chi connectivity index (χ1n) is 13.0. The number of ether oxygens (including phenoxy) is 1. The summed E-state index contributed by atoms with van der Waals surface area (Å²) in [6, 6.07) is 4.22. The Balaban J connectivity index is 1.24. The molecule has 0 N–H and O–H groups in total. The molecule has 2 atom stereocenters. The standard InChI is InChI=1S/C26H37N7O3S/c1-26(2,3)36-25(34)31-12-10-30(11-13-31)22-8-7-19(14-27-22)16-33(35)17-20-15-28-24(37-4)29-23(20)32-9-5-6-21(32)18-33/h7-8,14-15,21H,5-6,9-13,16-18H2,1-4H3. The lowest BCUT2D eigenvalue weighted by Crippen LogP contribution is -2.50. The molecule has 200 valence electrons. The van der Waals surface area contributed by atoms with E-state index in [1.807, 2.05) is 51.6 Å². The van der Waals surface area contributed by atoms with Gasteiger partial charge in [0.15, 0.2) is 5.16 Å². The summed E-state index contributed by atoms with van der Waals surface area (Å²) in [5, 5.41) is 14.9. The van der Waals surface area contributed by atoms with Crippen LogP contribution in [0.15, 0.2) is 29.7 Å². The van der Waals surface area contributed by atoms with Crippen LogP contribution in [0.4, 0.5) is 16.4 Å². The van der Waals surface area contributed by atoms with Crippen molar-refractivity contribution in [3.05, 3.63) is 40.9 Å². The second-order valence-electron chi connectivity index (χ2n) is 11.2. The number of rotatable bonds is 4. The van der Waals surface area contributed by atoms with E-state index in [2.05, 4.69) is 19.8 Å². The number of amides is 1. The minimum atomic E-state index is -0.497. The summed E-state index contributed by atoms with van der Waals surface area (Å²) in [7, 11) is 0. The zero-order valence-corrected chi connectivity index (χ0v) is 23.0. The molecule has 2 aromatic heterocycles. The molecule has 0 bridgehead atoms. The van der Waals surface area contributed by atoms with Crippen LogP contribution >= 0.6 is 11.8 Å². The lowest BCUT2D eigenvalue weighted by molar-refractivity contribution is -0.907. The number of thioether (sulfide) groups is 1.